The van der Waals surface area contributed by atoms with Gasteiger partial charge in [-0.1, -0.05) is 11.8 Å². The van der Waals surface area contributed by atoms with E-state index in [0.717, 1.165) is 0 Å². The first-order chi connectivity index (χ1) is 6.31. The van der Waals surface area contributed by atoms with Crippen LogP contribution in [-0.2, 0) is 0 Å². The highest BCUT2D eigenvalue weighted by molar-refractivity contribution is 8.00. The molecule has 0 unspecified atom stereocenters. The van der Waals surface area contributed by atoms with Crippen LogP contribution in [0.25, 0.3) is 4.85 Å². The average Bonchev–Trinajstić information content (AvgIpc) is 2.02. The summed E-state index contributed by atoms with van der Waals surface area (Å²) in [6.45, 7) is 6.52. The molecule has 0 aliphatic carbocycles. The molecule has 0 aliphatic rings. The van der Waals surface area contributed by atoms with Gasteiger partial charge in [0.25, 0.3) is 0 Å². The molecule has 0 rings (SSSR count). The number of alkyl halides is 5. The fraction of sp³-hybridized carbons (Fsp3) is 0.857. The number of thioether (sulfide) groups is 1. The van der Waals surface area contributed by atoms with Crippen LogP contribution < -0.4 is 0 Å². The molecule has 82 valence electrons. The van der Waals surface area contributed by atoms with Crippen molar-refractivity contribution in [3.8, 4) is 0 Å². The van der Waals surface area contributed by atoms with Gasteiger partial charge in [0.2, 0.25) is 6.54 Å². The molecule has 0 spiro atoms. The summed E-state index contributed by atoms with van der Waals surface area (Å²) in [7, 11) is 0. The number of rotatable bonds is 5. The summed E-state index contributed by atoms with van der Waals surface area (Å²) in [6.07, 6.45) is -4.94. The van der Waals surface area contributed by atoms with E-state index < -0.39 is 23.2 Å². The zero-order valence-corrected chi connectivity index (χ0v) is 7.89. The maximum Gasteiger partial charge on any atom is 0.464 e. The van der Waals surface area contributed by atoms with Crippen LogP contribution in [0.4, 0.5) is 22.0 Å². The van der Waals surface area contributed by atoms with Gasteiger partial charge in [-0.2, -0.15) is 22.0 Å². The Morgan fingerprint density at radius 2 is 1.64 bits per heavy atom. The van der Waals surface area contributed by atoms with Crippen LogP contribution >= 0.6 is 11.8 Å². The van der Waals surface area contributed by atoms with Crippen molar-refractivity contribution in [1.82, 2.24) is 0 Å². The van der Waals surface area contributed by atoms with Crippen LogP contribution in [-0.4, -0.2) is 23.7 Å². The number of hydrogen-bond donors (Lipinski definition) is 0. The van der Waals surface area contributed by atoms with E-state index in [4.69, 9.17) is 6.57 Å². The minimum atomic E-state index is -5.49. The predicted octanol–water partition coefficient (Wildman–Crippen LogP) is 3.57. The zero-order valence-electron chi connectivity index (χ0n) is 7.07. The van der Waals surface area contributed by atoms with Crippen molar-refractivity contribution in [2.75, 3.05) is 12.3 Å². The number of hydrogen-bond acceptors (Lipinski definition) is 1. The lowest BCUT2D eigenvalue weighted by atomic mass is 10.3. The quantitative estimate of drug-likeness (QED) is 0.399. The highest BCUT2D eigenvalue weighted by Gasteiger charge is 2.57. The number of unbranched alkanes of at least 4 members (excludes halogenated alkanes) is 1. The summed E-state index contributed by atoms with van der Waals surface area (Å²) in [5.41, 5.74) is 0. The van der Waals surface area contributed by atoms with Crippen LogP contribution in [0.3, 0.4) is 0 Å². The maximum atomic E-state index is 12.2. The van der Waals surface area contributed by atoms with E-state index in [1.165, 1.54) is 0 Å². The minimum absolute atomic E-state index is 0.165. The lowest BCUT2D eigenvalue weighted by molar-refractivity contribution is -0.237. The molecule has 0 amide bonds. The molecule has 0 bridgehead atoms. The maximum absolute atomic E-state index is 12.2. The Morgan fingerprint density at radius 3 is 2.07 bits per heavy atom. The molecule has 0 atom stereocenters. The molecule has 0 saturated carbocycles. The summed E-state index contributed by atoms with van der Waals surface area (Å²) in [4.78, 5) is 2.95. The SMILES string of the molecule is [C-]#[N+]CCCCSC(F)(F)C(F)(F)F. The van der Waals surface area contributed by atoms with E-state index in [1.807, 2.05) is 0 Å². The molecule has 0 N–H and O–H groups in total. The monoisotopic (exact) mass is 233 g/mol. The summed E-state index contributed by atoms with van der Waals surface area (Å²) in [5, 5.41) is -4.68. The van der Waals surface area contributed by atoms with E-state index in [0.29, 0.717) is 6.42 Å². The van der Waals surface area contributed by atoms with Crippen LogP contribution in [0.5, 0.6) is 0 Å². The lowest BCUT2D eigenvalue weighted by Crippen LogP contribution is -2.33. The van der Waals surface area contributed by atoms with Gasteiger partial charge in [-0.15, -0.1) is 0 Å². The molecular weight excluding hydrogens is 225 g/mol. The Kier molecular flexibility index (Phi) is 5.19. The van der Waals surface area contributed by atoms with Crippen molar-refractivity contribution < 1.29 is 22.0 Å². The molecule has 0 aromatic heterocycles. The van der Waals surface area contributed by atoms with Crippen LogP contribution in [0.1, 0.15) is 12.8 Å². The van der Waals surface area contributed by atoms with Crippen molar-refractivity contribution in [3.63, 3.8) is 0 Å². The highest BCUT2D eigenvalue weighted by Crippen LogP contribution is 2.44. The van der Waals surface area contributed by atoms with E-state index in [1.54, 1.807) is 0 Å². The van der Waals surface area contributed by atoms with Crippen molar-refractivity contribution in [3.05, 3.63) is 11.4 Å². The van der Waals surface area contributed by atoms with Gasteiger partial charge in [-0.25, -0.2) is 6.57 Å². The molecular formula is C7H8F5NS. The van der Waals surface area contributed by atoms with Gasteiger partial charge in [-0.05, 0) is 12.2 Å². The predicted molar refractivity (Wildman–Crippen MR) is 44.2 cm³/mol. The number of nitrogens with zero attached hydrogens (tertiary/aromatic N) is 1. The van der Waals surface area contributed by atoms with Gasteiger partial charge in [0, 0.05) is 6.42 Å². The molecule has 0 aliphatic heterocycles. The normalized spacial score (nSPS) is 12.6. The van der Waals surface area contributed by atoms with Crippen LogP contribution in [0.2, 0.25) is 0 Å². The van der Waals surface area contributed by atoms with Crippen molar-refractivity contribution in [2.24, 2.45) is 0 Å². The second-order valence-electron chi connectivity index (χ2n) is 2.45. The third kappa shape index (κ3) is 4.65. The van der Waals surface area contributed by atoms with Crippen molar-refractivity contribution in [2.45, 2.75) is 24.3 Å². The molecule has 0 fully saturated rings. The fourth-order valence-electron chi connectivity index (χ4n) is 0.575. The van der Waals surface area contributed by atoms with E-state index in [-0.39, 0.29) is 18.7 Å². The standard InChI is InChI=1S/C7H8F5NS/c1-13-4-2-3-5-14-7(11,12)6(8,9)10/h2-5H2. The van der Waals surface area contributed by atoms with Gasteiger partial charge in [0.15, 0.2) is 0 Å². The first-order valence-corrected chi connectivity index (χ1v) is 4.71. The highest BCUT2D eigenvalue weighted by atomic mass is 32.2. The molecule has 0 radical (unpaired) electrons. The van der Waals surface area contributed by atoms with E-state index >= 15 is 0 Å². The zero-order chi connectivity index (χ0) is 11.2. The third-order valence-electron chi connectivity index (χ3n) is 1.28. The first-order valence-electron chi connectivity index (χ1n) is 3.73. The topological polar surface area (TPSA) is 4.36 Å². The fourth-order valence-corrected chi connectivity index (χ4v) is 1.34. The second kappa shape index (κ2) is 5.39. The van der Waals surface area contributed by atoms with Crippen molar-refractivity contribution >= 4 is 11.8 Å². The van der Waals surface area contributed by atoms with Gasteiger partial charge in [0.1, 0.15) is 0 Å². The molecule has 14 heavy (non-hydrogen) atoms. The first kappa shape index (κ1) is 13.5. The Bertz CT molecular complexity index is 207. The number of halogens is 5. The Labute approximate surface area is 82.5 Å². The summed E-state index contributed by atoms with van der Waals surface area (Å²) in [6, 6.07) is 0. The second-order valence-corrected chi connectivity index (χ2v) is 3.66. The molecule has 7 heteroatoms. The van der Waals surface area contributed by atoms with Crippen LogP contribution in [0.15, 0.2) is 0 Å². The van der Waals surface area contributed by atoms with Gasteiger partial charge >= 0.3 is 11.4 Å². The Morgan fingerprint density at radius 1 is 1.07 bits per heavy atom. The average molecular weight is 233 g/mol. The summed E-state index contributed by atoms with van der Waals surface area (Å²) in [5.74, 6) is -0.290. The van der Waals surface area contributed by atoms with Crippen molar-refractivity contribution in [1.29, 1.82) is 0 Å². The lowest BCUT2D eigenvalue weighted by Gasteiger charge is -2.18. The summed E-state index contributed by atoms with van der Waals surface area (Å²) < 4.78 is 59.2. The third-order valence-corrected chi connectivity index (χ3v) is 2.36. The Balaban J connectivity index is 3.73. The van der Waals surface area contributed by atoms with Gasteiger partial charge in [0.05, 0.1) is 0 Å². The molecule has 0 heterocycles. The van der Waals surface area contributed by atoms with E-state index in [2.05, 4.69) is 4.85 Å². The summed E-state index contributed by atoms with van der Waals surface area (Å²) >= 11 is -0.425. The van der Waals surface area contributed by atoms with Gasteiger partial charge in [-0.3, -0.25) is 0 Å². The van der Waals surface area contributed by atoms with E-state index in [9.17, 15) is 22.0 Å². The molecule has 0 saturated heterocycles. The largest absolute Gasteiger partial charge is 0.464 e. The minimum Gasteiger partial charge on any atom is -0.317 e. The van der Waals surface area contributed by atoms with Crippen LogP contribution in [0, 0.1) is 6.57 Å². The molecule has 0 aromatic carbocycles. The smallest absolute Gasteiger partial charge is 0.317 e. The molecule has 0 aromatic rings. The molecule has 1 nitrogen and oxygen atoms in total. The van der Waals surface area contributed by atoms with Gasteiger partial charge < -0.3 is 4.85 Å². The Hall–Kier alpha value is -0.510.